The predicted octanol–water partition coefficient (Wildman–Crippen LogP) is 4.75. The Balaban J connectivity index is 2.00. The van der Waals surface area contributed by atoms with Gasteiger partial charge in [-0.25, -0.2) is 0 Å². The van der Waals surface area contributed by atoms with Crippen LogP contribution in [-0.2, 0) is 7.05 Å². The Morgan fingerprint density at radius 2 is 1.67 bits per heavy atom. The summed E-state index contributed by atoms with van der Waals surface area (Å²) in [5.41, 5.74) is 2.23. The van der Waals surface area contributed by atoms with E-state index in [2.05, 4.69) is 0 Å². The second-order valence-electron chi connectivity index (χ2n) is 5.89. The molecular weight excluding hydrogens is 366 g/mol. The topological polar surface area (TPSA) is 49.7 Å². The monoisotopic (exact) mass is 385 g/mol. The summed E-state index contributed by atoms with van der Waals surface area (Å²) < 4.78 is 17.8. The molecule has 0 atom stereocenters. The first kappa shape index (κ1) is 18.9. The third-order valence-electron chi connectivity index (χ3n) is 4.42. The second-order valence-corrected chi connectivity index (χ2v) is 6.25. The summed E-state index contributed by atoms with van der Waals surface area (Å²) in [5, 5.41) is 1.56. The molecule has 140 valence electrons. The molecule has 27 heavy (non-hydrogen) atoms. The molecule has 0 spiro atoms. The molecule has 0 aliphatic rings. The summed E-state index contributed by atoms with van der Waals surface area (Å²) in [6, 6.07) is 11.1. The molecule has 0 fully saturated rings. The number of halogens is 1. The number of benzene rings is 2. The number of aromatic nitrogens is 1. The van der Waals surface area contributed by atoms with Crippen LogP contribution in [0.3, 0.4) is 0 Å². The molecule has 0 amide bonds. The number of aryl methyl sites for hydroxylation is 1. The number of allylic oxidation sites excluding steroid dienone is 1. The Kier molecular flexibility index (Phi) is 5.42. The highest BCUT2D eigenvalue weighted by molar-refractivity contribution is 6.33. The highest BCUT2D eigenvalue weighted by Gasteiger charge is 2.16. The number of ketones is 1. The lowest BCUT2D eigenvalue weighted by Gasteiger charge is -2.13. The minimum atomic E-state index is -0.196. The maximum atomic E-state index is 12.7. The van der Waals surface area contributed by atoms with Crippen molar-refractivity contribution in [2.24, 2.45) is 7.05 Å². The van der Waals surface area contributed by atoms with E-state index in [1.165, 1.54) is 27.4 Å². The van der Waals surface area contributed by atoms with Gasteiger partial charge in [0.25, 0.3) is 0 Å². The van der Waals surface area contributed by atoms with Gasteiger partial charge in [-0.05, 0) is 30.4 Å². The lowest BCUT2D eigenvalue weighted by atomic mass is 10.1. The molecule has 3 aromatic rings. The lowest BCUT2D eigenvalue weighted by Crippen LogP contribution is -2.00. The summed E-state index contributed by atoms with van der Waals surface area (Å²) in [6.45, 7) is 0. The van der Waals surface area contributed by atoms with Gasteiger partial charge in [0.1, 0.15) is 5.15 Å². The number of methoxy groups -OCH3 is 3. The summed E-state index contributed by atoms with van der Waals surface area (Å²) in [4.78, 5) is 12.7. The average Bonchev–Trinajstić information content (AvgIpc) is 2.95. The minimum absolute atomic E-state index is 0.196. The van der Waals surface area contributed by atoms with E-state index in [0.29, 0.717) is 28.0 Å². The largest absolute Gasteiger partial charge is 0.493 e. The second kappa shape index (κ2) is 7.76. The summed E-state index contributed by atoms with van der Waals surface area (Å²) in [7, 11) is 6.43. The number of carbonyl (C=O) groups is 1. The van der Waals surface area contributed by atoms with Gasteiger partial charge in [-0.3, -0.25) is 4.79 Å². The molecule has 0 bridgehead atoms. The highest BCUT2D eigenvalue weighted by Crippen LogP contribution is 2.38. The Morgan fingerprint density at radius 3 is 2.26 bits per heavy atom. The van der Waals surface area contributed by atoms with Crippen LogP contribution in [0.25, 0.3) is 17.0 Å². The summed E-state index contributed by atoms with van der Waals surface area (Å²) in [5.74, 6) is 1.10. The van der Waals surface area contributed by atoms with Gasteiger partial charge in [0.05, 0.1) is 21.3 Å². The van der Waals surface area contributed by atoms with E-state index in [4.69, 9.17) is 25.8 Å². The fourth-order valence-electron chi connectivity index (χ4n) is 3.03. The van der Waals surface area contributed by atoms with Crippen LogP contribution in [0, 0.1) is 0 Å². The Hall–Kier alpha value is -2.92. The van der Waals surface area contributed by atoms with Gasteiger partial charge in [0.2, 0.25) is 5.75 Å². The van der Waals surface area contributed by atoms with E-state index in [-0.39, 0.29) is 5.78 Å². The van der Waals surface area contributed by atoms with Crippen LogP contribution < -0.4 is 14.2 Å². The maximum Gasteiger partial charge on any atom is 0.203 e. The van der Waals surface area contributed by atoms with Crippen molar-refractivity contribution in [1.29, 1.82) is 0 Å². The SMILES string of the molecule is COc1cc(C(=O)/C=C/c2c(Cl)n(C)c3ccccc23)cc(OC)c1OC. The number of ether oxygens (including phenoxy) is 3. The zero-order valence-corrected chi connectivity index (χ0v) is 16.3. The number of rotatable bonds is 6. The molecule has 3 rings (SSSR count). The third kappa shape index (κ3) is 3.38. The smallest absolute Gasteiger partial charge is 0.203 e. The molecular formula is C21H20ClNO4. The number of hydrogen-bond acceptors (Lipinski definition) is 4. The van der Waals surface area contributed by atoms with Crippen LogP contribution in [0.15, 0.2) is 42.5 Å². The fraction of sp³-hybridized carbons (Fsp3) is 0.190. The lowest BCUT2D eigenvalue weighted by molar-refractivity contribution is 0.104. The van der Waals surface area contributed by atoms with Gasteiger partial charge in [-0.2, -0.15) is 0 Å². The van der Waals surface area contributed by atoms with Crippen molar-refractivity contribution in [3.63, 3.8) is 0 Å². The Bertz CT molecular complexity index is 1010. The first-order chi connectivity index (χ1) is 13.0. The first-order valence-corrected chi connectivity index (χ1v) is 8.65. The van der Waals surface area contributed by atoms with E-state index in [9.17, 15) is 4.79 Å². The zero-order chi connectivity index (χ0) is 19.6. The van der Waals surface area contributed by atoms with Crippen molar-refractivity contribution in [1.82, 2.24) is 4.57 Å². The average molecular weight is 386 g/mol. The standard InChI is InChI=1S/C21H20ClNO4/c1-23-16-8-6-5-7-14(16)15(21(23)22)9-10-17(24)13-11-18(25-2)20(27-4)19(12-13)26-3/h5-12H,1-4H3/b10-9+. The van der Waals surface area contributed by atoms with E-state index < -0.39 is 0 Å². The van der Waals surface area contributed by atoms with Crippen LogP contribution in [0.2, 0.25) is 5.15 Å². The van der Waals surface area contributed by atoms with E-state index in [0.717, 1.165) is 16.5 Å². The minimum Gasteiger partial charge on any atom is -0.493 e. The van der Waals surface area contributed by atoms with Gasteiger partial charge in [-0.1, -0.05) is 29.8 Å². The number of carbonyl (C=O) groups excluding carboxylic acids is 1. The molecule has 0 aliphatic heterocycles. The zero-order valence-electron chi connectivity index (χ0n) is 15.6. The van der Waals surface area contributed by atoms with Gasteiger partial charge in [0, 0.05) is 29.1 Å². The van der Waals surface area contributed by atoms with Crippen LogP contribution in [0.4, 0.5) is 0 Å². The quantitative estimate of drug-likeness (QED) is 0.453. The van der Waals surface area contributed by atoms with Crippen molar-refractivity contribution in [3.05, 3.63) is 58.8 Å². The third-order valence-corrected chi connectivity index (χ3v) is 4.88. The molecule has 0 saturated carbocycles. The fourth-order valence-corrected chi connectivity index (χ4v) is 3.28. The number of hydrogen-bond donors (Lipinski definition) is 0. The van der Waals surface area contributed by atoms with E-state index in [1.54, 1.807) is 18.2 Å². The van der Waals surface area contributed by atoms with Gasteiger partial charge < -0.3 is 18.8 Å². The predicted molar refractivity (Wildman–Crippen MR) is 107 cm³/mol. The number of nitrogens with zero attached hydrogens (tertiary/aromatic N) is 1. The van der Waals surface area contributed by atoms with Crippen molar-refractivity contribution in [3.8, 4) is 17.2 Å². The molecule has 5 nitrogen and oxygen atoms in total. The molecule has 0 unspecified atom stereocenters. The van der Waals surface area contributed by atoms with E-state index >= 15 is 0 Å². The van der Waals surface area contributed by atoms with Crippen LogP contribution in [0.5, 0.6) is 17.2 Å². The molecule has 0 radical (unpaired) electrons. The van der Waals surface area contributed by atoms with Crippen molar-refractivity contribution < 1.29 is 19.0 Å². The Morgan fingerprint density at radius 1 is 1.04 bits per heavy atom. The Labute approximate surface area is 162 Å². The molecule has 2 aromatic carbocycles. The van der Waals surface area contributed by atoms with Gasteiger partial charge >= 0.3 is 0 Å². The maximum absolute atomic E-state index is 12.7. The van der Waals surface area contributed by atoms with Crippen molar-refractivity contribution >= 4 is 34.4 Å². The van der Waals surface area contributed by atoms with Crippen LogP contribution >= 0.6 is 11.6 Å². The normalized spacial score (nSPS) is 11.1. The van der Waals surface area contributed by atoms with Crippen LogP contribution in [0.1, 0.15) is 15.9 Å². The van der Waals surface area contributed by atoms with Crippen molar-refractivity contribution in [2.45, 2.75) is 0 Å². The molecule has 0 N–H and O–H groups in total. The molecule has 0 saturated heterocycles. The van der Waals surface area contributed by atoms with Crippen LogP contribution in [-0.4, -0.2) is 31.7 Å². The molecule has 0 aliphatic carbocycles. The first-order valence-electron chi connectivity index (χ1n) is 8.27. The van der Waals surface area contributed by atoms with Gasteiger partial charge in [-0.15, -0.1) is 0 Å². The number of para-hydroxylation sites is 1. The molecule has 6 heteroatoms. The molecule has 1 aromatic heterocycles. The number of fused-ring (bicyclic) bond motifs is 1. The summed E-state index contributed by atoms with van der Waals surface area (Å²) in [6.07, 6.45) is 3.23. The van der Waals surface area contributed by atoms with Crippen molar-refractivity contribution in [2.75, 3.05) is 21.3 Å². The van der Waals surface area contributed by atoms with Gasteiger partial charge in [0.15, 0.2) is 17.3 Å². The molecule has 1 heterocycles. The van der Waals surface area contributed by atoms with E-state index in [1.807, 2.05) is 35.9 Å². The summed E-state index contributed by atoms with van der Waals surface area (Å²) >= 11 is 6.44. The highest BCUT2D eigenvalue weighted by atomic mass is 35.5.